The summed E-state index contributed by atoms with van der Waals surface area (Å²) < 4.78 is 13.0. The van der Waals surface area contributed by atoms with Crippen LogP contribution in [0.2, 0.25) is 0 Å². The van der Waals surface area contributed by atoms with Crippen LogP contribution in [0.15, 0.2) is 12.1 Å². The van der Waals surface area contributed by atoms with Crippen molar-refractivity contribution in [1.29, 1.82) is 0 Å². The molecule has 6 heteroatoms. The number of amides is 1. The molecule has 4 rings (SSSR count). The Morgan fingerprint density at radius 1 is 1.20 bits per heavy atom. The number of fused-ring (bicyclic) bond motifs is 2. The molecule has 3 heterocycles. The van der Waals surface area contributed by atoms with Gasteiger partial charge in [-0.25, -0.2) is 0 Å². The van der Waals surface area contributed by atoms with Gasteiger partial charge < -0.3 is 14.8 Å². The number of nitrogens with zero attached hydrogens (tertiary/aromatic N) is 2. The zero-order valence-corrected chi connectivity index (χ0v) is 15.3. The zero-order valence-electron chi connectivity index (χ0n) is 15.3. The summed E-state index contributed by atoms with van der Waals surface area (Å²) in [5.41, 5.74) is 4.95. The van der Waals surface area contributed by atoms with E-state index in [1.165, 1.54) is 0 Å². The van der Waals surface area contributed by atoms with Gasteiger partial charge in [0.15, 0.2) is 11.5 Å². The molecule has 0 saturated heterocycles. The van der Waals surface area contributed by atoms with E-state index in [0.29, 0.717) is 12.2 Å². The molecule has 0 spiro atoms. The van der Waals surface area contributed by atoms with Crippen LogP contribution in [0.1, 0.15) is 55.6 Å². The van der Waals surface area contributed by atoms with E-state index in [1.54, 1.807) is 0 Å². The first kappa shape index (κ1) is 16.0. The monoisotopic (exact) mass is 341 g/mol. The van der Waals surface area contributed by atoms with Crippen molar-refractivity contribution in [2.45, 2.75) is 52.5 Å². The highest BCUT2D eigenvalue weighted by molar-refractivity contribution is 5.96. The van der Waals surface area contributed by atoms with Crippen molar-refractivity contribution in [2.75, 3.05) is 12.1 Å². The number of aromatic nitrogens is 2. The molecule has 1 amide bonds. The summed E-state index contributed by atoms with van der Waals surface area (Å²) >= 11 is 0. The molecule has 1 atom stereocenters. The number of nitrogens with one attached hydrogen (secondary N) is 1. The highest BCUT2D eigenvalue weighted by Crippen LogP contribution is 2.46. The Bertz CT molecular complexity index is 877. The molecule has 6 nitrogen and oxygen atoms in total. The maximum atomic E-state index is 12.3. The SMILES string of the molecule is Cc1nn(C(C)(C)C)c(C)c1[C@@H]1CC(=O)Nc2cc3c(cc21)OCO3. The van der Waals surface area contributed by atoms with E-state index < -0.39 is 0 Å². The molecule has 1 aromatic carbocycles. The second-order valence-electron chi connectivity index (χ2n) is 7.76. The maximum Gasteiger partial charge on any atom is 0.231 e. The number of hydrogen-bond acceptors (Lipinski definition) is 4. The average molecular weight is 341 g/mol. The highest BCUT2D eigenvalue weighted by Gasteiger charge is 2.34. The zero-order chi connectivity index (χ0) is 17.9. The van der Waals surface area contributed by atoms with Crippen LogP contribution in [-0.4, -0.2) is 22.5 Å². The molecule has 0 aliphatic carbocycles. The number of rotatable bonds is 1. The lowest BCUT2D eigenvalue weighted by molar-refractivity contribution is -0.116. The lowest BCUT2D eigenvalue weighted by Crippen LogP contribution is -2.26. The largest absolute Gasteiger partial charge is 0.454 e. The number of carbonyl (C=O) groups is 1. The molecule has 1 N–H and O–H groups in total. The fourth-order valence-electron chi connectivity index (χ4n) is 3.92. The Morgan fingerprint density at radius 3 is 2.52 bits per heavy atom. The van der Waals surface area contributed by atoms with Crippen molar-refractivity contribution < 1.29 is 14.3 Å². The first-order valence-electron chi connectivity index (χ1n) is 8.55. The predicted molar refractivity (Wildman–Crippen MR) is 94.4 cm³/mol. The minimum Gasteiger partial charge on any atom is -0.454 e. The van der Waals surface area contributed by atoms with Gasteiger partial charge in [0.25, 0.3) is 0 Å². The minimum atomic E-state index is -0.109. The fourth-order valence-corrected chi connectivity index (χ4v) is 3.92. The van der Waals surface area contributed by atoms with Crippen LogP contribution in [0, 0.1) is 13.8 Å². The van der Waals surface area contributed by atoms with Crippen LogP contribution in [0.5, 0.6) is 11.5 Å². The summed E-state index contributed by atoms with van der Waals surface area (Å²) in [6, 6.07) is 3.86. The summed E-state index contributed by atoms with van der Waals surface area (Å²) in [5, 5.41) is 7.72. The Balaban J connectivity index is 1.88. The van der Waals surface area contributed by atoms with Crippen LogP contribution >= 0.6 is 0 Å². The van der Waals surface area contributed by atoms with Gasteiger partial charge >= 0.3 is 0 Å². The summed E-state index contributed by atoms with van der Waals surface area (Å²) in [6.07, 6.45) is 0.407. The predicted octanol–water partition coefficient (Wildman–Crippen LogP) is 3.46. The third-order valence-corrected chi connectivity index (χ3v) is 4.91. The molecule has 2 aliphatic heterocycles. The van der Waals surface area contributed by atoms with E-state index in [4.69, 9.17) is 14.6 Å². The van der Waals surface area contributed by atoms with Crippen LogP contribution in [0.25, 0.3) is 0 Å². The van der Waals surface area contributed by atoms with Crippen LogP contribution < -0.4 is 14.8 Å². The lowest BCUT2D eigenvalue weighted by Gasteiger charge is -2.27. The third-order valence-electron chi connectivity index (χ3n) is 4.91. The van der Waals surface area contributed by atoms with E-state index in [2.05, 4.69) is 37.7 Å². The van der Waals surface area contributed by atoms with Gasteiger partial charge in [-0.1, -0.05) is 0 Å². The molecular formula is C19H23N3O3. The second kappa shape index (κ2) is 5.25. The van der Waals surface area contributed by atoms with Crippen LogP contribution in [0.3, 0.4) is 0 Å². The summed E-state index contributed by atoms with van der Waals surface area (Å²) in [6.45, 7) is 10.7. The van der Waals surface area contributed by atoms with Gasteiger partial charge in [-0.15, -0.1) is 0 Å². The van der Waals surface area contributed by atoms with Gasteiger partial charge in [0.2, 0.25) is 12.7 Å². The molecule has 0 radical (unpaired) electrons. The molecule has 2 aliphatic rings. The standard InChI is InChI=1S/C19H23N3O3/c1-10-18(11(2)22(21-10)19(3,4)5)13-7-17(23)20-14-8-16-15(6-12(13)14)24-9-25-16/h6,8,13H,7,9H2,1-5H3,(H,20,23)/t13-/m1/s1. The van der Waals surface area contributed by atoms with Gasteiger partial charge in [0.05, 0.1) is 11.2 Å². The molecule has 132 valence electrons. The molecule has 1 aromatic heterocycles. The normalized spacial score (nSPS) is 18.9. The quantitative estimate of drug-likeness (QED) is 0.863. The molecule has 2 aromatic rings. The lowest BCUT2D eigenvalue weighted by atomic mass is 9.83. The first-order valence-corrected chi connectivity index (χ1v) is 8.55. The summed E-state index contributed by atoms with van der Waals surface area (Å²) in [4.78, 5) is 12.3. The number of aryl methyl sites for hydroxylation is 1. The van der Waals surface area contributed by atoms with Crippen molar-refractivity contribution in [1.82, 2.24) is 9.78 Å². The van der Waals surface area contributed by atoms with Crippen LogP contribution in [-0.2, 0) is 10.3 Å². The van der Waals surface area contributed by atoms with Crippen molar-refractivity contribution in [3.05, 3.63) is 34.6 Å². The topological polar surface area (TPSA) is 65.4 Å². The summed E-state index contributed by atoms with van der Waals surface area (Å²) in [5.74, 6) is 1.39. The number of benzene rings is 1. The Morgan fingerprint density at radius 2 is 1.88 bits per heavy atom. The van der Waals surface area contributed by atoms with E-state index in [0.717, 1.165) is 34.0 Å². The van der Waals surface area contributed by atoms with E-state index in [1.807, 2.05) is 19.1 Å². The van der Waals surface area contributed by atoms with Crippen molar-refractivity contribution in [2.24, 2.45) is 0 Å². The minimum absolute atomic E-state index is 0.0127. The Kier molecular flexibility index (Phi) is 3.36. The molecule has 0 fully saturated rings. The van der Waals surface area contributed by atoms with Gasteiger partial charge in [-0.2, -0.15) is 5.10 Å². The van der Waals surface area contributed by atoms with E-state index in [-0.39, 0.29) is 24.2 Å². The number of carbonyl (C=O) groups excluding carboxylic acids is 1. The smallest absolute Gasteiger partial charge is 0.231 e. The van der Waals surface area contributed by atoms with Crippen molar-refractivity contribution in [3.8, 4) is 11.5 Å². The summed E-state index contributed by atoms with van der Waals surface area (Å²) in [7, 11) is 0. The number of anilines is 1. The van der Waals surface area contributed by atoms with Gasteiger partial charge in [-0.05, 0) is 46.2 Å². The Labute approximate surface area is 147 Å². The van der Waals surface area contributed by atoms with Crippen molar-refractivity contribution in [3.63, 3.8) is 0 Å². The maximum absolute atomic E-state index is 12.3. The highest BCUT2D eigenvalue weighted by atomic mass is 16.7. The molecule has 0 unspecified atom stereocenters. The Hall–Kier alpha value is -2.50. The first-order chi connectivity index (χ1) is 11.8. The average Bonchev–Trinajstić information content (AvgIpc) is 3.08. The van der Waals surface area contributed by atoms with E-state index in [9.17, 15) is 4.79 Å². The van der Waals surface area contributed by atoms with Gasteiger partial charge in [-0.3, -0.25) is 9.48 Å². The van der Waals surface area contributed by atoms with E-state index >= 15 is 0 Å². The third kappa shape index (κ3) is 2.47. The fraction of sp³-hybridized carbons (Fsp3) is 0.474. The second-order valence-corrected chi connectivity index (χ2v) is 7.76. The number of hydrogen-bond donors (Lipinski definition) is 1. The van der Waals surface area contributed by atoms with Gasteiger partial charge in [0.1, 0.15) is 0 Å². The van der Waals surface area contributed by atoms with Gasteiger partial charge in [0, 0.05) is 35.3 Å². The number of ether oxygens (including phenoxy) is 2. The van der Waals surface area contributed by atoms with Crippen molar-refractivity contribution >= 4 is 11.6 Å². The molecule has 0 saturated carbocycles. The molecular weight excluding hydrogens is 318 g/mol. The molecule has 0 bridgehead atoms. The van der Waals surface area contributed by atoms with Crippen LogP contribution in [0.4, 0.5) is 5.69 Å². The molecule has 25 heavy (non-hydrogen) atoms.